The van der Waals surface area contributed by atoms with Gasteiger partial charge >= 0.3 is 11.9 Å². The summed E-state index contributed by atoms with van der Waals surface area (Å²) in [6, 6.07) is 20.1. The maximum absolute atomic E-state index is 14.5. The summed E-state index contributed by atoms with van der Waals surface area (Å²) in [7, 11) is 0. The summed E-state index contributed by atoms with van der Waals surface area (Å²) in [5, 5.41) is 0. The third-order valence-electron chi connectivity index (χ3n) is 9.84. The van der Waals surface area contributed by atoms with Crippen LogP contribution < -0.4 is 0 Å². The summed E-state index contributed by atoms with van der Waals surface area (Å²) in [5.74, 6) is -0.795. The minimum absolute atomic E-state index is 0.147. The molecule has 2 bridgehead atoms. The first-order chi connectivity index (χ1) is 19.9. The zero-order valence-electron chi connectivity index (χ0n) is 25.0. The SMILES string of the molecule is CCN(CC)CCC(=O)OC(C)OC(C(=O)OC1CC2CCC(C1)[N+]21CCCC1)(c1ccccc1)c1ccccc1. The Labute approximate surface area is 245 Å². The maximum Gasteiger partial charge on any atom is 0.348 e. The largest absolute Gasteiger partial charge is 0.459 e. The molecule has 1 spiro atoms. The van der Waals surface area contributed by atoms with Gasteiger partial charge in [0, 0.05) is 45.1 Å². The van der Waals surface area contributed by atoms with Crippen molar-refractivity contribution in [3.05, 3.63) is 71.8 Å². The van der Waals surface area contributed by atoms with Gasteiger partial charge in [-0.15, -0.1) is 0 Å². The molecule has 2 aromatic carbocycles. The molecule has 7 nitrogen and oxygen atoms in total. The van der Waals surface area contributed by atoms with Crippen molar-refractivity contribution in [3.63, 3.8) is 0 Å². The lowest BCUT2D eigenvalue weighted by molar-refractivity contribution is -0.956. The van der Waals surface area contributed by atoms with E-state index >= 15 is 0 Å². The second-order valence-corrected chi connectivity index (χ2v) is 12.0. The molecule has 3 aliphatic heterocycles. The number of carbonyl (C=O) groups is 2. The summed E-state index contributed by atoms with van der Waals surface area (Å²) in [4.78, 5) is 29.5. The normalized spacial score (nSPS) is 24.0. The fraction of sp³-hybridized carbons (Fsp3) is 0.588. The number of carbonyl (C=O) groups excluding carboxylic acids is 2. The number of benzene rings is 2. The second-order valence-electron chi connectivity index (χ2n) is 12.0. The predicted molar refractivity (Wildman–Crippen MR) is 158 cm³/mol. The molecule has 0 aromatic heterocycles. The Hall–Kier alpha value is -2.74. The highest BCUT2D eigenvalue weighted by molar-refractivity contribution is 5.86. The van der Waals surface area contributed by atoms with E-state index in [9.17, 15) is 9.59 Å². The molecule has 3 atom stereocenters. The third-order valence-corrected chi connectivity index (χ3v) is 9.84. The third kappa shape index (κ3) is 6.08. The lowest BCUT2D eigenvalue weighted by Crippen LogP contribution is -2.60. The Kier molecular flexibility index (Phi) is 9.47. The number of rotatable bonds is 12. The Morgan fingerprint density at radius 3 is 1.95 bits per heavy atom. The fourth-order valence-corrected chi connectivity index (χ4v) is 7.78. The van der Waals surface area contributed by atoms with E-state index in [2.05, 4.69) is 18.7 Å². The Balaban J connectivity index is 1.39. The zero-order valence-corrected chi connectivity index (χ0v) is 25.0. The van der Waals surface area contributed by atoms with Crippen molar-refractivity contribution in [2.45, 2.75) is 95.8 Å². The molecular formula is C34H47N2O5+. The van der Waals surface area contributed by atoms with E-state index < -0.39 is 17.9 Å². The van der Waals surface area contributed by atoms with Crippen LogP contribution in [0.1, 0.15) is 76.8 Å². The molecule has 0 N–H and O–H groups in total. The molecule has 3 fully saturated rings. The average Bonchev–Trinajstić information content (AvgIpc) is 3.53. The van der Waals surface area contributed by atoms with Gasteiger partial charge in [0.2, 0.25) is 11.9 Å². The van der Waals surface area contributed by atoms with Gasteiger partial charge in [-0.3, -0.25) is 4.79 Å². The van der Waals surface area contributed by atoms with Gasteiger partial charge in [0.25, 0.3) is 0 Å². The van der Waals surface area contributed by atoms with Crippen LogP contribution >= 0.6 is 0 Å². The summed E-state index contributed by atoms with van der Waals surface area (Å²) in [5.41, 5.74) is -0.259. The van der Waals surface area contributed by atoms with E-state index in [1.54, 1.807) is 6.92 Å². The number of nitrogens with zero attached hydrogens (tertiary/aromatic N) is 2. The van der Waals surface area contributed by atoms with Crippen LogP contribution in [-0.4, -0.2) is 78.5 Å². The summed E-state index contributed by atoms with van der Waals surface area (Å²) in [6.45, 7) is 10.7. The first-order valence-corrected chi connectivity index (χ1v) is 15.7. The molecule has 0 radical (unpaired) electrons. The molecule has 3 aliphatic rings. The van der Waals surface area contributed by atoms with E-state index in [1.165, 1.54) is 43.3 Å². The van der Waals surface area contributed by atoms with Gasteiger partial charge < -0.3 is 23.6 Å². The van der Waals surface area contributed by atoms with Crippen LogP contribution in [0.15, 0.2) is 60.7 Å². The lowest BCUT2D eigenvalue weighted by Gasteiger charge is -2.47. The molecule has 41 heavy (non-hydrogen) atoms. The Morgan fingerprint density at radius 1 is 0.902 bits per heavy atom. The summed E-state index contributed by atoms with van der Waals surface area (Å²) in [6.07, 6.45) is 6.00. The monoisotopic (exact) mass is 563 g/mol. The van der Waals surface area contributed by atoms with Gasteiger partial charge in [0.05, 0.1) is 31.6 Å². The van der Waals surface area contributed by atoms with Crippen LogP contribution in [0.2, 0.25) is 0 Å². The molecule has 3 saturated heterocycles. The van der Waals surface area contributed by atoms with E-state index in [0.29, 0.717) is 29.8 Å². The Morgan fingerprint density at radius 2 is 1.44 bits per heavy atom. The van der Waals surface area contributed by atoms with E-state index in [-0.39, 0.29) is 18.5 Å². The fourth-order valence-electron chi connectivity index (χ4n) is 7.78. The van der Waals surface area contributed by atoms with E-state index in [0.717, 1.165) is 25.9 Å². The molecule has 0 saturated carbocycles. The summed E-state index contributed by atoms with van der Waals surface area (Å²) >= 11 is 0. The van der Waals surface area contributed by atoms with Crippen LogP contribution in [0, 0.1) is 0 Å². The number of hydrogen-bond acceptors (Lipinski definition) is 6. The number of hydrogen-bond donors (Lipinski definition) is 0. The number of piperidine rings is 1. The molecule has 7 heteroatoms. The van der Waals surface area contributed by atoms with Crippen molar-refractivity contribution >= 4 is 11.9 Å². The first kappa shape index (κ1) is 29.7. The van der Waals surface area contributed by atoms with Crippen molar-refractivity contribution in [1.29, 1.82) is 0 Å². The van der Waals surface area contributed by atoms with Crippen LogP contribution in [0.4, 0.5) is 0 Å². The highest BCUT2D eigenvalue weighted by Crippen LogP contribution is 2.47. The number of ether oxygens (including phenoxy) is 3. The minimum atomic E-state index is -1.57. The van der Waals surface area contributed by atoms with E-state index in [1.807, 2.05) is 60.7 Å². The predicted octanol–water partition coefficient (Wildman–Crippen LogP) is 5.42. The lowest BCUT2D eigenvalue weighted by atomic mass is 9.85. The van der Waals surface area contributed by atoms with Crippen LogP contribution in [0.5, 0.6) is 0 Å². The standard InChI is InChI=1S/C34H47N2O5/c1-4-35(5-2)21-20-32(37)39-26(3)41-34(27-14-8-6-9-15-27,28-16-10-7-11-17-28)33(38)40-31-24-29-18-19-30(25-31)36(29)22-12-13-23-36/h6-11,14-17,26,29-31H,4-5,12-13,18-25H2,1-3H3/q+1. The van der Waals surface area contributed by atoms with Crippen LogP contribution in [0.25, 0.3) is 0 Å². The second kappa shape index (κ2) is 13.1. The van der Waals surface area contributed by atoms with Crippen molar-refractivity contribution in [1.82, 2.24) is 4.90 Å². The number of quaternary nitrogens is 1. The van der Waals surface area contributed by atoms with Crippen molar-refractivity contribution in [2.75, 3.05) is 32.7 Å². The molecule has 3 heterocycles. The average molecular weight is 564 g/mol. The van der Waals surface area contributed by atoms with Crippen LogP contribution in [-0.2, 0) is 29.4 Å². The highest BCUT2D eigenvalue weighted by atomic mass is 16.7. The Bertz CT molecular complexity index is 1090. The molecule has 2 aromatic rings. The molecule has 0 amide bonds. The quantitative estimate of drug-likeness (QED) is 0.195. The zero-order chi connectivity index (χ0) is 28.9. The van der Waals surface area contributed by atoms with Crippen molar-refractivity contribution in [2.24, 2.45) is 0 Å². The highest BCUT2D eigenvalue weighted by Gasteiger charge is 2.57. The first-order valence-electron chi connectivity index (χ1n) is 15.7. The minimum Gasteiger partial charge on any atom is -0.459 e. The molecule has 222 valence electrons. The summed E-state index contributed by atoms with van der Waals surface area (Å²) < 4.78 is 20.0. The van der Waals surface area contributed by atoms with E-state index in [4.69, 9.17) is 14.2 Å². The van der Waals surface area contributed by atoms with Gasteiger partial charge in [-0.1, -0.05) is 74.5 Å². The van der Waals surface area contributed by atoms with Crippen molar-refractivity contribution in [3.8, 4) is 0 Å². The topological polar surface area (TPSA) is 65.1 Å². The van der Waals surface area contributed by atoms with Crippen molar-refractivity contribution < 1.29 is 28.3 Å². The van der Waals surface area contributed by atoms with Gasteiger partial charge in [0.15, 0.2) is 0 Å². The van der Waals surface area contributed by atoms with Gasteiger partial charge in [-0.25, -0.2) is 4.79 Å². The van der Waals surface area contributed by atoms with Crippen LogP contribution in [0.3, 0.4) is 0 Å². The molecule has 3 unspecified atom stereocenters. The molecular weight excluding hydrogens is 516 g/mol. The van der Waals surface area contributed by atoms with Gasteiger partial charge in [-0.2, -0.15) is 0 Å². The van der Waals surface area contributed by atoms with Gasteiger partial charge in [0.1, 0.15) is 6.10 Å². The molecule has 0 aliphatic carbocycles. The smallest absolute Gasteiger partial charge is 0.348 e. The molecule has 5 rings (SSSR count). The maximum atomic E-state index is 14.5. The number of esters is 2. The van der Waals surface area contributed by atoms with Gasteiger partial charge in [-0.05, 0) is 31.1 Å².